The van der Waals surface area contributed by atoms with E-state index in [2.05, 4.69) is 25.8 Å². The van der Waals surface area contributed by atoms with Crippen LogP contribution in [0.2, 0.25) is 0 Å². The Labute approximate surface area is 150 Å². The van der Waals surface area contributed by atoms with E-state index in [1.165, 1.54) is 26.4 Å². The standard InChI is InChI=1S/C8H17N.B13/c1-4-8-5-7(2)6-9(8)3;1-8-12(9(2)3)13(10(4)5)11(6)7/h7-8H,4-6H2,1-3H3;/t7-,8?;/m0./s1. The minimum absolute atomic E-state index is 0.389. The predicted molar refractivity (Wildman–Crippen MR) is 115 cm³/mol. The molecule has 0 bridgehead atoms. The summed E-state index contributed by atoms with van der Waals surface area (Å²) in [5.74, 6) is 0.931. The molecule has 0 N–H and O–H groups in total. The first-order valence-corrected chi connectivity index (χ1v) is 7.94. The summed E-state index contributed by atoms with van der Waals surface area (Å²) in [6, 6.07) is 0.875. The van der Waals surface area contributed by atoms with Crippen molar-refractivity contribution in [1.82, 2.24) is 4.90 Å². The van der Waals surface area contributed by atoms with Crippen LogP contribution in [-0.2, 0) is 0 Å². The summed E-state index contributed by atoms with van der Waals surface area (Å²) in [6.45, 7) is 5.92. The molecule has 0 aromatic carbocycles. The lowest BCUT2D eigenvalue weighted by Crippen LogP contribution is -2.69. The SMILES string of the molecule is CCC1C[C@H](C)CN1C.[B][B]B(B([B])[B])B(B([B])[B])B([B])[B]. The largest absolute Gasteiger partial charge is 0.303 e. The quantitative estimate of drug-likeness (QED) is 0.458. The number of hydrogen-bond donors (Lipinski definition) is 0. The third kappa shape index (κ3) is 7.58. The van der Waals surface area contributed by atoms with Crippen LogP contribution in [0, 0.1) is 5.92 Å². The van der Waals surface area contributed by atoms with Gasteiger partial charge in [-0.05, 0) is 25.8 Å². The van der Waals surface area contributed by atoms with Crippen molar-refractivity contribution in [3.8, 4) is 0 Å². The van der Waals surface area contributed by atoms with E-state index in [1.54, 1.807) is 0 Å². The first-order valence-electron chi connectivity index (χ1n) is 7.94. The lowest BCUT2D eigenvalue weighted by atomic mass is 8.50. The van der Waals surface area contributed by atoms with E-state index in [1.807, 2.05) is 0 Å². The van der Waals surface area contributed by atoms with E-state index in [0.29, 0.717) is 0 Å². The molecule has 1 aliphatic heterocycles. The van der Waals surface area contributed by atoms with Gasteiger partial charge in [0.1, 0.15) is 0 Å². The fourth-order valence-corrected chi connectivity index (χ4v) is 3.12. The van der Waals surface area contributed by atoms with Gasteiger partial charge in [-0.15, -0.1) is 0 Å². The van der Waals surface area contributed by atoms with Crippen LogP contribution in [0.3, 0.4) is 0 Å². The minimum Gasteiger partial charge on any atom is -0.303 e. The van der Waals surface area contributed by atoms with Crippen molar-refractivity contribution in [1.29, 1.82) is 0 Å². The monoisotopic (exact) mass is 270 g/mol. The molecule has 1 fully saturated rings. The molecule has 0 aromatic heterocycles. The van der Waals surface area contributed by atoms with Crippen molar-refractivity contribution in [3.05, 3.63) is 0 Å². The Morgan fingerprint density at radius 1 is 1.05 bits per heavy atom. The highest BCUT2D eigenvalue weighted by Crippen LogP contribution is 2.22. The molecule has 93 valence electrons. The fourth-order valence-electron chi connectivity index (χ4n) is 3.12. The second kappa shape index (κ2) is 11.4. The second-order valence-corrected chi connectivity index (χ2v) is 6.42. The summed E-state index contributed by atoms with van der Waals surface area (Å²) < 4.78 is 0. The molecular weight excluding hydrogens is 251 g/mol. The van der Waals surface area contributed by atoms with Gasteiger partial charge < -0.3 is 4.90 Å². The molecule has 15 radical (unpaired) electrons. The van der Waals surface area contributed by atoms with Gasteiger partial charge in [0.2, 0.25) is 0 Å². The maximum Gasteiger partial charge on any atom is 0.00927 e. The highest BCUT2D eigenvalue weighted by Gasteiger charge is 2.32. The summed E-state index contributed by atoms with van der Waals surface area (Å²) in [6.07, 6.45) is -0.142. The van der Waals surface area contributed by atoms with E-state index < -0.39 is 25.5 Å². The molecular formula is C8H17B13N. The van der Waals surface area contributed by atoms with Gasteiger partial charge in [0.15, 0.2) is 0 Å². The minimum atomic E-state index is -0.695. The zero-order valence-corrected chi connectivity index (χ0v) is 14.2. The van der Waals surface area contributed by atoms with Crippen LogP contribution in [0.5, 0.6) is 0 Å². The summed E-state index contributed by atoms with van der Waals surface area (Å²) in [5.41, 5.74) is 0. The molecule has 1 aliphatic rings. The first kappa shape index (κ1) is 22.8. The van der Waals surface area contributed by atoms with Crippen molar-refractivity contribution < 1.29 is 0 Å². The maximum absolute atomic E-state index is 5.48. The summed E-state index contributed by atoms with van der Waals surface area (Å²) in [7, 11) is 41.8. The molecule has 1 rings (SSSR count). The summed E-state index contributed by atoms with van der Waals surface area (Å²) in [5, 5.41) is 0. The third-order valence-electron chi connectivity index (χ3n) is 4.37. The molecule has 0 amide bonds. The van der Waals surface area contributed by atoms with Gasteiger partial charge in [0.05, 0.1) is 0 Å². The van der Waals surface area contributed by atoms with Crippen molar-refractivity contribution in [2.45, 2.75) is 32.7 Å². The molecule has 1 nitrogen and oxygen atoms in total. The van der Waals surface area contributed by atoms with Crippen LogP contribution < -0.4 is 0 Å². The molecule has 1 heterocycles. The van der Waals surface area contributed by atoms with Crippen LogP contribution in [0.15, 0.2) is 0 Å². The molecule has 1 saturated heterocycles. The molecule has 22 heavy (non-hydrogen) atoms. The average molecular weight is 268 g/mol. The van der Waals surface area contributed by atoms with Crippen molar-refractivity contribution in [3.63, 3.8) is 0 Å². The Hall–Kier alpha value is 0.804. The van der Waals surface area contributed by atoms with Gasteiger partial charge in [-0.3, -0.25) is 0 Å². The smallest absolute Gasteiger partial charge is 0.00927 e. The first-order chi connectivity index (χ1) is 10.1. The van der Waals surface area contributed by atoms with Crippen LogP contribution >= 0.6 is 0 Å². The molecule has 0 aromatic rings. The van der Waals surface area contributed by atoms with Crippen molar-refractivity contribution >= 4 is 93.1 Å². The molecule has 0 aliphatic carbocycles. The van der Waals surface area contributed by atoms with Crippen molar-refractivity contribution in [2.24, 2.45) is 5.92 Å². The lowest BCUT2D eigenvalue weighted by molar-refractivity contribution is 0.302. The van der Waals surface area contributed by atoms with Gasteiger partial charge in [-0.1, -0.05) is 13.8 Å². The maximum atomic E-state index is 5.48. The highest BCUT2D eigenvalue weighted by atomic mass is 15.1. The van der Waals surface area contributed by atoms with Crippen molar-refractivity contribution in [2.75, 3.05) is 13.6 Å². The molecule has 14 heteroatoms. The number of nitrogens with zero attached hydrogens (tertiary/aromatic N) is 1. The summed E-state index contributed by atoms with van der Waals surface area (Å²) in [4.78, 5) is 2.48. The Bertz CT molecular complexity index is 281. The molecule has 2 atom stereocenters. The topological polar surface area (TPSA) is 3.24 Å². The van der Waals surface area contributed by atoms with E-state index in [-0.39, 0.29) is 6.39 Å². The zero-order valence-electron chi connectivity index (χ0n) is 14.2. The normalized spacial score (nSPS) is 20.5. The Morgan fingerprint density at radius 3 is 1.68 bits per heavy atom. The number of hydrogen-bond acceptors (Lipinski definition) is 1. The van der Waals surface area contributed by atoms with Gasteiger partial charge in [-0.25, -0.2) is 0 Å². The van der Waals surface area contributed by atoms with E-state index >= 15 is 0 Å². The fraction of sp³-hybridized carbons (Fsp3) is 1.00. The Balaban J connectivity index is 0.000000425. The van der Waals surface area contributed by atoms with Gasteiger partial charge in [0.25, 0.3) is 0 Å². The average Bonchev–Trinajstić information content (AvgIpc) is 2.73. The second-order valence-electron chi connectivity index (χ2n) is 6.42. The van der Waals surface area contributed by atoms with Crippen LogP contribution in [0.1, 0.15) is 26.7 Å². The van der Waals surface area contributed by atoms with E-state index in [0.717, 1.165) is 12.0 Å². The highest BCUT2D eigenvalue weighted by molar-refractivity contribution is 8.07. The van der Waals surface area contributed by atoms with E-state index in [9.17, 15) is 0 Å². The van der Waals surface area contributed by atoms with Crippen LogP contribution in [0.4, 0.5) is 0 Å². The van der Waals surface area contributed by atoms with Crippen LogP contribution in [-0.4, -0.2) is 118 Å². The summed E-state index contributed by atoms with van der Waals surface area (Å²) >= 11 is 0. The number of likely N-dealkylation sites (tertiary alicyclic amines) is 1. The Kier molecular flexibility index (Phi) is 11.8. The molecule has 0 saturated carbocycles. The lowest BCUT2D eigenvalue weighted by Gasteiger charge is -2.31. The van der Waals surface area contributed by atoms with Crippen LogP contribution in [0.25, 0.3) is 0 Å². The zero-order chi connectivity index (χ0) is 17.4. The number of rotatable bonds is 6. The van der Waals surface area contributed by atoms with Gasteiger partial charge in [-0.2, -0.15) is 0 Å². The van der Waals surface area contributed by atoms with Gasteiger partial charge >= 0.3 is 0 Å². The predicted octanol–water partition coefficient (Wildman–Crippen LogP) is -3.21. The van der Waals surface area contributed by atoms with Gasteiger partial charge in [0, 0.05) is 106 Å². The molecule has 1 unspecified atom stereocenters. The molecule has 0 spiro atoms. The Morgan fingerprint density at radius 2 is 1.55 bits per heavy atom. The third-order valence-corrected chi connectivity index (χ3v) is 4.37. The van der Waals surface area contributed by atoms with E-state index in [4.69, 9.17) is 54.2 Å².